The van der Waals surface area contributed by atoms with Crippen molar-refractivity contribution in [3.8, 4) is 5.75 Å². The van der Waals surface area contributed by atoms with Crippen molar-refractivity contribution in [1.29, 1.82) is 0 Å². The fourth-order valence-corrected chi connectivity index (χ4v) is 3.25. The smallest absolute Gasteiger partial charge is 0.491 e. The monoisotopic (exact) mass is 308 g/mol. The standard InChI is InChI=1S/C14H17BO5S/c1-14(2)19-8-11(20-14)7-18-10-4-3-9-5-13(15(16)17)21-12(9)6-10/h3-6,11,16-17H,7-8H2,1-2H3/t11-/m1/s1. The molecule has 2 heterocycles. The maximum Gasteiger partial charge on any atom is 0.499 e. The van der Waals surface area contributed by atoms with Gasteiger partial charge in [-0.25, -0.2) is 0 Å². The Labute approximate surface area is 127 Å². The van der Waals surface area contributed by atoms with Crippen LogP contribution in [0.25, 0.3) is 10.1 Å². The lowest BCUT2D eigenvalue weighted by atomic mass is 9.89. The van der Waals surface area contributed by atoms with Crippen LogP contribution in [-0.2, 0) is 9.47 Å². The van der Waals surface area contributed by atoms with Crippen LogP contribution in [0.15, 0.2) is 24.3 Å². The number of fused-ring (bicyclic) bond motifs is 1. The number of ether oxygens (including phenoxy) is 3. The number of rotatable bonds is 4. The van der Waals surface area contributed by atoms with Gasteiger partial charge in [-0.15, -0.1) is 11.3 Å². The molecule has 1 aromatic heterocycles. The average Bonchev–Trinajstić information content (AvgIpc) is 2.99. The molecule has 1 aliphatic rings. The van der Waals surface area contributed by atoms with Gasteiger partial charge in [0.1, 0.15) is 18.5 Å². The van der Waals surface area contributed by atoms with Crippen molar-refractivity contribution in [2.75, 3.05) is 13.2 Å². The Morgan fingerprint density at radius 2 is 2.19 bits per heavy atom. The maximum atomic E-state index is 9.19. The van der Waals surface area contributed by atoms with Crippen molar-refractivity contribution in [2.24, 2.45) is 0 Å². The van der Waals surface area contributed by atoms with Gasteiger partial charge in [-0.05, 0) is 43.5 Å². The van der Waals surface area contributed by atoms with Gasteiger partial charge in [-0.2, -0.15) is 0 Å². The van der Waals surface area contributed by atoms with Gasteiger partial charge < -0.3 is 24.3 Å². The molecule has 0 radical (unpaired) electrons. The molecule has 2 N–H and O–H groups in total. The molecule has 0 amide bonds. The van der Waals surface area contributed by atoms with Gasteiger partial charge in [0, 0.05) is 9.48 Å². The third kappa shape index (κ3) is 3.38. The molecule has 7 heteroatoms. The quantitative estimate of drug-likeness (QED) is 0.828. The summed E-state index contributed by atoms with van der Waals surface area (Å²) in [6, 6.07) is 7.43. The largest absolute Gasteiger partial charge is 0.499 e. The second-order valence-corrected chi connectivity index (χ2v) is 6.60. The fourth-order valence-electron chi connectivity index (χ4n) is 2.28. The van der Waals surface area contributed by atoms with E-state index in [4.69, 9.17) is 14.2 Å². The summed E-state index contributed by atoms with van der Waals surface area (Å²) < 4.78 is 18.4. The predicted molar refractivity (Wildman–Crippen MR) is 82.0 cm³/mol. The van der Waals surface area contributed by atoms with Crippen LogP contribution in [0.3, 0.4) is 0 Å². The van der Waals surface area contributed by atoms with E-state index in [9.17, 15) is 10.0 Å². The van der Waals surface area contributed by atoms with E-state index in [0.717, 1.165) is 15.8 Å². The molecule has 0 aliphatic carbocycles. The van der Waals surface area contributed by atoms with Gasteiger partial charge >= 0.3 is 7.12 Å². The number of thiophene rings is 1. The zero-order valence-electron chi connectivity index (χ0n) is 11.9. The van der Waals surface area contributed by atoms with Crippen LogP contribution < -0.4 is 9.51 Å². The lowest BCUT2D eigenvalue weighted by Crippen LogP contribution is -2.26. The van der Waals surface area contributed by atoms with Crippen LogP contribution in [0, 0.1) is 0 Å². The Balaban J connectivity index is 1.67. The van der Waals surface area contributed by atoms with Crippen molar-refractivity contribution in [3.63, 3.8) is 0 Å². The summed E-state index contributed by atoms with van der Waals surface area (Å²) in [5.41, 5.74) is 0. The van der Waals surface area contributed by atoms with Crippen LogP contribution in [0.4, 0.5) is 0 Å². The summed E-state index contributed by atoms with van der Waals surface area (Å²) in [7, 11) is -1.43. The molecule has 1 aromatic carbocycles. The SMILES string of the molecule is CC1(C)OC[C@@H](COc2ccc3cc(B(O)O)sc3c2)O1. The minimum Gasteiger partial charge on any atom is -0.491 e. The van der Waals surface area contributed by atoms with E-state index in [-0.39, 0.29) is 6.10 Å². The lowest BCUT2D eigenvalue weighted by molar-refractivity contribution is -0.141. The average molecular weight is 308 g/mol. The minimum absolute atomic E-state index is 0.0751. The van der Waals surface area contributed by atoms with Gasteiger partial charge in [0.2, 0.25) is 0 Å². The Bertz CT molecular complexity index is 639. The summed E-state index contributed by atoms with van der Waals surface area (Å²) in [4.78, 5) is 0. The highest BCUT2D eigenvalue weighted by Gasteiger charge is 2.32. The van der Waals surface area contributed by atoms with Crippen LogP contribution >= 0.6 is 11.3 Å². The Kier molecular flexibility index (Phi) is 3.94. The fraction of sp³-hybridized carbons (Fsp3) is 0.429. The molecule has 0 unspecified atom stereocenters. The highest BCUT2D eigenvalue weighted by Crippen LogP contribution is 2.26. The molecule has 1 atom stereocenters. The van der Waals surface area contributed by atoms with Gasteiger partial charge in [-0.1, -0.05) is 0 Å². The number of hydrogen-bond acceptors (Lipinski definition) is 6. The van der Waals surface area contributed by atoms with E-state index in [0.29, 0.717) is 18.0 Å². The molecule has 1 saturated heterocycles. The van der Waals surface area contributed by atoms with E-state index in [1.165, 1.54) is 11.3 Å². The van der Waals surface area contributed by atoms with Crippen LogP contribution in [0.2, 0.25) is 0 Å². The minimum atomic E-state index is -1.43. The molecule has 112 valence electrons. The number of hydrogen-bond donors (Lipinski definition) is 2. The molecule has 0 bridgehead atoms. The zero-order chi connectivity index (χ0) is 15.0. The predicted octanol–water partition coefficient (Wildman–Crippen LogP) is 1.11. The van der Waals surface area contributed by atoms with E-state index in [1.807, 2.05) is 32.0 Å². The first kappa shape index (κ1) is 14.8. The second-order valence-electron chi connectivity index (χ2n) is 5.48. The molecular formula is C14H17BO5S. The van der Waals surface area contributed by atoms with Crippen LogP contribution in [0.5, 0.6) is 5.75 Å². The van der Waals surface area contributed by atoms with Gasteiger partial charge in [0.05, 0.1) is 6.61 Å². The van der Waals surface area contributed by atoms with E-state index in [2.05, 4.69) is 0 Å². The first-order valence-corrected chi connectivity index (χ1v) is 7.59. The number of benzene rings is 1. The summed E-state index contributed by atoms with van der Waals surface area (Å²) in [6.07, 6.45) is -0.0751. The van der Waals surface area contributed by atoms with Crippen LogP contribution in [0.1, 0.15) is 13.8 Å². The first-order valence-electron chi connectivity index (χ1n) is 6.77. The summed E-state index contributed by atoms with van der Waals surface area (Å²) in [6.45, 7) is 4.71. The Hall–Kier alpha value is -1.12. The highest BCUT2D eigenvalue weighted by atomic mass is 32.1. The molecule has 2 aromatic rings. The van der Waals surface area contributed by atoms with E-state index in [1.54, 1.807) is 6.07 Å². The zero-order valence-corrected chi connectivity index (χ0v) is 12.7. The van der Waals surface area contributed by atoms with Crippen molar-refractivity contribution < 1.29 is 24.3 Å². The van der Waals surface area contributed by atoms with Gasteiger partial charge in [0.15, 0.2) is 5.79 Å². The van der Waals surface area contributed by atoms with Crippen molar-refractivity contribution in [3.05, 3.63) is 24.3 Å². The highest BCUT2D eigenvalue weighted by molar-refractivity contribution is 7.27. The third-order valence-electron chi connectivity index (χ3n) is 3.27. The molecule has 0 spiro atoms. The Morgan fingerprint density at radius 1 is 1.38 bits per heavy atom. The topological polar surface area (TPSA) is 68.2 Å². The maximum absolute atomic E-state index is 9.19. The molecular weight excluding hydrogens is 291 g/mol. The lowest BCUT2D eigenvalue weighted by Gasteiger charge is -2.17. The van der Waals surface area contributed by atoms with Crippen molar-refractivity contribution in [2.45, 2.75) is 25.7 Å². The van der Waals surface area contributed by atoms with Crippen molar-refractivity contribution in [1.82, 2.24) is 0 Å². The molecule has 0 saturated carbocycles. The molecule has 5 nitrogen and oxygen atoms in total. The third-order valence-corrected chi connectivity index (χ3v) is 4.41. The molecule has 3 rings (SSSR count). The van der Waals surface area contributed by atoms with E-state index >= 15 is 0 Å². The summed E-state index contributed by atoms with van der Waals surface area (Å²) >= 11 is 1.34. The summed E-state index contributed by atoms with van der Waals surface area (Å²) in [5.74, 6) is 0.189. The first-order chi connectivity index (χ1) is 9.93. The summed E-state index contributed by atoms with van der Waals surface area (Å²) in [5, 5.41) is 19.4. The van der Waals surface area contributed by atoms with Gasteiger partial charge in [-0.3, -0.25) is 0 Å². The molecule has 1 fully saturated rings. The van der Waals surface area contributed by atoms with E-state index < -0.39 is 12.9 Å². The van der Waals surface area contributed by atoms with Gasteiger partial charge in [0.25, 0.3) is 0 Å². The Morgan fingerprint density at radius 3 is 2.86 bits per heavy atom. The second kappa shape index (κ2) is 5.59. The van der Waals surface area contributed by atoms with Crippen LogP contribution in [-0.4, -0.2) is 42.3 Å². The molecule has 1 aliphatic heterocycles. The molecule has 21 heavy (non-hydrogen) atoms. The normalized spacial score (nSPS) is 20.9. The van der Waals surface area contributed by atoms with Crippen molar-refractivity contribution >= 4 is 33.3 Å².